The van der Waals surface area contributed by atoms with Crippen LogP contribution in [0.3, 0.4) is 0 Å². The molecule has 18 heavy (non-hydrogen) atoms. The normalized spacial score (nSPS) is 26.8. The third-order valence-corrected chi connectivity index (χ3v) is 4.32. The number of hydrogen-bond donors (Lipinski definition) is 1. The quantitative estimate of drug-likeness (QED) is 0.881. The van der Waals surface area contributed by atoms with E-state index in [0.717, 1.165) is 50.5 Å². The van der Waals surface area contributed by atoms with Crippen molar-refractivity contribution in [3.05, 3.63) is 11.7 Å². The molecule has 5 nitrogen and oxygen atoms in total. The fourth-order valence-corrected chi connectivity index (χ4v) is 2.88. The minimum atomic E-state index is -0.0331. The Morgan fingerprint density at radius 3 is 2.94 bits per heavy atom. The summed E-state index contributed by atoms with van der Waals surface area (Å²) in [7, 11) is 1.78. The van der Waals surface area contributed by atoms with Crippen molar-refractivity contribution in [3.63, 3.8) is 0 Å². The smallest absolute Gasteiger partial charge is 0.229 e. The second kappa shape index (κ2) is 4.97. The van der Waals surface area contributed by atoms with Crippen LogP contribution < -0.4 is 5.32 Å². The number of methoxy groups -OCH3 is 1. The van der Waals surface area contributed by atoms with E-state index in [1.54, 1.807) is 7.11 Å². The fourth-order valence-electron chi connectivity index (χ4n) is 2.88. The first-order valence-corrected chi connectivity index (χ1v) is 6.90. The maximum Gasteiger partial charge on any atom is 0.229 e. The Balaban J connectivity index is 1.65. The summed E-state index contributed by atoms with van der Waals surface area (Å²) >= 11 is 0. The Hall–Kier alpha value is -0.940. The number of ether oxygens (including phenoxy) is 1. The molecule has 2 heterocycles. The summed E-state index contributed by atoms with van der Waals surface area (Å²) in [5.74, 6) is 2.01. The zero-order valence-corrected chi connectivity index (χ0v) is 10.9. The van der Waals surface area contributed by atoms with E-state index < -0.39 is 0 Å². The summed E-state index contributed by atoms with van der Waals surface area (Å²) in [6.07, 6.45) is 6.55. The first-order valence-electron chi connectivity index (χ1n) is 6.90. The van der Waals surface area contributed by atoms with Crippen molar-refractivity contribution in [1.82, 2.24) is 15.5 Å². The number of hydrogen-bond acceptors (Lipinski definition) is 5. The summed E-state index contributed by atoms with van der Waals surface area (Å²) in [5.41, 5.74) is -0.0331. The molecular formula is C13H21N3O2. The molecule has 0 aromatic carbocycles. The monoisotopic (exact) mass is 251 g/mol. The third-order valence-electron chi connectivity index (χ3n) is 4.32. The number of rotatable bonds is 4. The number of piperidine rings is 1. The van der Waals surface area contributed by atoms with Gasteiger partial charge >= 0.3 is 0 Å². The standard InChI is InChI=1S/C13H21N3O2/c1-17-13(5-3-6-13)8-11-15-12(16-18-11)10-4-2-7-14-9-10/h10,14H,2-9H2,1H3. The Labute approximate surface area is 107 Å². The van der Waals surface area contributed by atoms with Crippen molar-refractivity contribution >= 4 is 0 Å². The van der Waals surface area contributed by atoms with Crippen molar-refractivity contribution in [1.29, 1.82) is 0 Å². The Morgan fingerprint density at radius 2 is 2.33 bits per heavy atom. The van der Waals surface area contributed by atoms with Gasteiger partial charge in [-0.3, -0.25) is 0 Å². The van der Waals surface area contributed by atoms with Gasteiger partial charge in [-0.15, -0.1) is 0 Å². The second-order valence-corrected chi connectivity index (χ2v) is 5.51. The van der Waals surface area contributed by atoms with E-state index in [0.29, 0.717) is 5.92 Å². The molecule has 2 aliphatic rings. The molecular weight excluding hydrogens is 230 g/mol. The lowest BCUT2D eigenvalue weighted by atomic mass is 9.77. The molecule has 2 fully saturated rings. The average Bonchev–Trinajstić information content (AvgIpc) is 2.83. The third kappa shape index (κ3) is 2.29. The van der Waals surface area contributed by atoms with Gasteiger partial charge in [0.15, 0.2) is 5.82 Å². The highest BCUT2D eigenvalue weighted by Crippen LogP contribution is 2.37. The summed E-state index contributed by atoms with van der Waals surface area (Å²) in [6.45, 7) is 2.07. The van der Waals surface area contributed by atoms with E-state index in [4.69, 9.17) is 9.26 Å². The van der Waals surface area contributed by atoms with Gasteiger partial charge in [-0.05, 0) is 38.6 Å². The van der Waals surface area contributed by atoms with Crippen molar-refractivity contribution in [2.24, 2.45) is 0 Å². The molecule has 0 bridgehead atoms. The lowest BCUT2D eigenvalue weighted by Gasteiger charge is -2.39. The van der Waals surface area contributed by atoms with Gasteiger partial charge < -0.3 is 14.6 Å². The van der Waals surface area contributed by atoms with Crippen molar-refractivity contribution in [2.45, 2.75) is 50.0 Å². The van der Waals surface area contributed by atoms with Gasteiger partial charge in [-0.25, -0.2) is 0 Å². The summed E-state index contributed by atoms with van der Waals surface area (Å²) in [5, 5.41) is 7.51. The topological polar surface area (TPSA) is 60.2 Å². The van der Waals surface area contributed by atoms with Crippen LogP contribution >= 0.6 is 0 Å². The second-order valence-electron chi connectivity index (χ2n) is 5.51. The molecule has 1 aromatic heterocycles. The van der Waals surface area contributed by atoms with Gasteiger partial charge in [-0.2, -0.15) is 4.98 Å². The molecule has 1 atom stereocenters. The minimum Gasteiger partial charge on any atom is -0.378 e. The Bertz CT molecular complexity index is 389. The van der Waals surface area contributed by atoms with Crippen molar-refractivity contribution < 1.29 is 9.26 Å². The van der Waals surface area contributed by atoms with Crippen LogP contribution in [0.4, 0.5) is 0 Å². The summed E-state index contributed by atoms with van der Waals surface area (Å²) in [6, 6.07) is 0. The lowest BCUT2D eigenvalue weighted by molar-refractivity contribution is -0.0751. The molecule has 5 heteroatoms. The summed E-state index contributed by atoms with van der Waals surface area (Å²) in [4.78, 5) is 4.55. The number of nitrogens with zero attached hydrogens (tertiary/aromatic N) is 2. The Morgan fingerprint density at radius 1 is 1.44 bits per heavy atom. The molecule has 1 aliphatic heterocycles. The molecule has 100 valence electrons. The number of aromatic nitrogens is 2. The molecule has 1 saturated heterocycles. The molecule has 1 aromatic rings. The lowest BCUT2D eigenvalue weighted by Crippen LogP contribution is -2.41. The first kappa shape index (κ1) is 12.1. The molecule has 1 saturated carbocycles. The predicted molar refractivity (Wildman–Crippen MR) is 66.4 cm³/mol. The van der Waals surface area contributed by atoms with E-state index in [9.17, 15) is 0 Å². The zero-order valence-electron chi connectivity index (χ0n) is 10.9. The van der Waals surface area contributed by atoms with Gasteiger partial charge in [0, 0.05) is 19.6 Å². The van der Waals surface area contributed by atoms with Gasteiger partial charge in [0.2, 0.25) is 5.89 Å². The van der Waals surface area contributed by atoms with Crippen LogP contribution in [0.15, 0.2) is 4.52 Å². The highest BCUT2D eigenvalue weighted by Gasteiger charge is 2.39. The van der Waals surface area contributed by atoms with Crippen LogP contribution in [-0.4, -0.2) is 35.9 Å². The molecule has 1 aliphatic carbocycles. The van der Waals surface area contributed by atoms with E-state index in [1.807, 2.05) is 0 Å². The maximum atomic E-state index is 5.59. The van der Waals surface area contributed by atoms with E-state index >= 15 is 0 Å². The van der Waals surface area contributed by atoms with Crippen molar-refractivity contribution in [2.75, 3.05) is 20.2 Å². The zero-order chi connectivity index (χ0) is 12.4. The molecule has 0 spiro atoms. The highest BCUT2D eigenvalue weighted by molar-refractivity contribution is 5.02. The number of nitrogens with one attached hydrogen (secondary N) is 1. The molecule has 1 N–H and O–H groups in total. The SMILES string of the molecule is COC1(Cc2nc(C3CCCNC3)no2)CCC1. The minimum absolute atomic E-state index is 0.0331. The van der Waals surface area contributed by atoms with Crippen LogP contribution in [0.2, 0.25) is 0 Å². The van der Waals surface area contributed by atoms with E-state index in [1.165, 1.54) is 12.8 Å². The molecule has 0 amide bonds. The average molecular weight is 251 g/mol. The molecule has 0 radical (unpaired) electrons. The van der Waals surface area contributed by atoms with Gasteiger partial charge in [0.1, 0.15) is 0 Å². The van der Waals surface area contributed by atoms with E-state index in [2.05, 4.69) is 15.5 Å². The highest BCUT2D eigenvalue weighted by atomic mass is 16.5. The van der Waals surface area contributed by atoms with Gasteiger partial charge in [0.05, 0.1) is 12.0 Å². The first-order chi connectivity index (χ1) is 8.81. The van der Waals surface area contributed by atoms with Crippen molar-refractivity contribution in [3.8, 4) is 0 Å². The fraction of sp³-hybridized carbons (Fsp3) is 0.846. The van der Waals surface area contributed by atoms with Crippen LogP contribution in [0.1, 0.15) is 49.7 Å². The van der Waals surface area contributed by atoms with E-state index in [-0.39, 0.29) is 5.60 Å². The van der Waals surface area contributed by atoms with Crippen LogP contribution in [0.5, 0.6) is 0 Å². The molecule has 3 rings (SSSR count). The van der Waals surface area contributed by atoms with Crippen LogP contribution in [-0.2, 0) is 11.2 Å². The summed E-state index contributed by atoms with van der Waals surface area (Å²) < 4.78 is 11.0. The largest absolute Gasteiger partial charge is 0.378 e. The van der Waals surface area contributed by atoms with Gasteiger partial charge in [0.25, 0.3) is 0 Å². The molecule has 1 unspecified atom stereocenters. The van der Waals surface area contributed by atoms with Gasteiger partial charge in [-0.1, -0.05) is 5.16 Å². The van der Waals surface area contributed by atoms with Crippen LogP contribution in [0, 0.1) is 0 Å². The predicted octanol–water partition coefficient (Wildman–Crippen LogP) is 1.65. The van der Waals surface area contributed by atoms with Crippen LogP contribution in [0.25, 0.3) is 0 Å². The maximum absolute atomic E-state index is 5.59. The Kier molecular flexibility index (Phi) is 3.35.